The van der Waals surface area contributed by atoms with Crippen molar-refractivity contribution in [3.05, 3.63) is 53.2 Å². The topological polar surface area (TPSA) is 133 Å². The van der Waals surface area contributed by atoms with E-state index < -0.39 is 11.9 Å². The van der Waals surface area contributed by atoms with Crippen molar-refractivity contribution in [2.75, 3.05) is 26.2 Å². The van der Waals surface area contributed by atoms with E-state index in [2.05, 4.69) is 14.9 Å². The van der Waals surface area contributed by atoms with Crippen LogP contribution in [0.2, 0.25) is 0 Å². The second-order valence-electron chi connectivity index (χ2n) is 9.11. The lowest BCUT2D eigenvalue weighted by atomic mass is 9.98. The summed E-state index contributed by atoms with van der Waals surface area (Å²) >= 11 is 1.56. The molecule has 2 fully saturated rings. The summed E-state index contributed by atoms with van der Waals surface area (Å²) in [7, 11) is 0. The summed E-state index contributed by atoms with van der Waals surface area (Å²) in [6.45, 7) is 5.70. The molecule has 2 aromatic heterocycles. The molecule has 1 aromatic carbocycles. The number of pyridine rings is 1. The molecule has 0 spiro atoms. The van der Waals surface area contributed by atoms with E-state index in [1.54, 1.807) is 17.5 Å². The number of para-hydroxylation sites is 1. The van der Waals surface area contributed by atoms with Crippen LogP contribution in [0.3, 0.4) is 0 Å². The summed E-state index contributed by atoms with van der Waals surface area (Å²) in [6.07, 6.45) is 6.20. The number of fused-ring (bicyclic) bond motifs is 1. The number of aryl methyl sites for hydroxylation is 1. The van der Waals surface area contributed by atoms with Crippen molar-refractivity contribution in [1.82, 2.24) is 19.8 Å². The highest BCUT2D eigenvalue weighted by Gasteiger charge is 2.31. The molecule has 0 aliphatic carbocycles. The molecule has 0 unspecified atom stereocenters. The number of likely N-dealkylation sites (tertiary alicyclic amines) is 2. The number of rotatable bonds is 4. The van der Waals surface area contributed by atoms with Gasteiger partial charge in [-0.05, 0) is 44.7 Å². The van der Waals surface area contributed by atoms with Gasteiger partial charge in [-0.3, -0.25) is 14.7 Å². The molecule has 37 heavy (non-hydrogen) atoms. The summed E-state index contributed by atoms with van der Waals surface area (Å²) in [6, 6.07) is 10.5. The number of carbonyl (C=O) groups is 3. The fraction of sp³-hybridized carbons (Fsp3) is 0.423. The minimum Gasteiger partial charge on any atom is -0.473 e. The van der Waals surface area contributed by atoms with Gasteiger partial charge in [0.1, 0.15) is 6.10 Å². The van der Waals surface area contributed by atoms with E-state index in [-0.39, 0.29) is 12.0 Å². The molecule has 4 heterocycles. The SMILES string of the molecule is Cc1ccc2cccc(C(=O)N3CCC(N4CCC(Oc5nccs5)CC4)CC3)c2n1.O=C(O)C(=O)O. The number of ether oxygens (including phenoxy) is 1. The average Bonchev–Trinajstić information content (AvgIpc) is 3.42. The number of aromatic nitrogens is 2. The Morgan fingerprint density at radius 3 is 2.30 bits per heavy atom. The second kappa shape index (κ2) is 12.1. The lowest BCUT2D eigenvalue weighted by Gasteiger charge is -2.41. The minimum atomic E-state index is -1.82. The maximum absolute atomic E-state index is 13.3. The normalized spacial score (nSPS) is 17.2. The fourth-order valence-corrected chi connectivity index (χ4v) is 5.34. The van der Waals surface area contributed by atoms with Gasteiger partial charge in [-0.1, -0.05) is 29.5 Å². The highest BCUT2D eigenvalue weighted by atomic mass is 32.1. The summed E-state index contributed by atoms with van der Waals surface area (Å²) in [5.74, 6) is -3.54. The standard InChI is InChI=1S/C24H28N4O2S.C2H2O4/c1-17-5-6-18-3-2-4-21(22(18)26-17)23(29)28-12-7-19(8-13-28)27-14-9-20(10-15-27)30-24-25-11-16-31-24;3-1(4)2(5)6/h2-6,11,16,19-20H,7-10,12-15H2,1H3;(H,3,4)(H,5,6). The Hall–Kier alpha value is -3.57. The predicted molar refractivity (Wildman–Crippen MR) is 138 cm³/mol. The number of hydrogen-bond donors (Lipinski definition) is 2. The van der Waals surface area contributed by atoms with Crippen LogP contribution in [-0.2, 0) is 9.59 Å². The maximum Gasteiger partial charge on any atom is 0.414 e. The van der Waals surface area contributed by atoms with Gasteiger partial charge >= 0.3 is 11.9 Å². The number of carbonyl (C=O) groups excluding carboxylic acids is 1. The third kappa shape index (κ3) is 6.80. The van der Waals surface area contributed by atoms with Crippen LogP contribution in [0.4, 0.5) is 0 Å². The maximum atomic E-state index is 13.3. The Morgan fingerprint density at radius 2 is 1.68 bits per heavy atom. The molecule has 196 valence electrons. The van der Waals surface area contributed by atoms with Crippen molar-refractivity contribution in [3.8, 4) is 5.19 Å². The number of piperidine rings is 2. The van der Waals surface area contributed by atoms with E-state index >= 15 is 0 Å². The van der Waals surface area contributed by atoms with Crippen molar-refractivity contribution < 1.29 is 29.3 Å². The van der Waals surface area contributed by atoms with Gasteiger partial charge in [0.2, 0.25) is 0 Å². The molecule has 3 aromatic rings. The fourth-order valence-electron chi connectivity index (χ4n) is 4.79. The van der Waals surface area contributed by atoms with Gasteiger partial charge in [-0.15, -0.1) is 0 Å². The van der Waals surface area contributed by atoms with Crippen LogP contribution in [0, 0.1) is 6.92 Å². The zero-order valence-electron chi connectivity index (χ0n) is 20.6. The van der Waals surface area contributed by atoms with Crippen LogP contribution >= 0.6 is 11.3 Å². The molecule has 2 aliphatic heterocycles. The number of carboxylic acids is 2. The first-order valence-corrected chi connectivity index (χ1v) is 13.1. The molecule has 5 rings (SSSR count). The Bertz CT molecular complexity index is 1220. The van der Waals surface area contributed by atoms with E-state index in [1.807, 2.05) is 47.5 Å². The van der Waals surface area contributed by atoms with E-state index in [4.69, 9.17) is 24.5 Å². The molecule has 2 aliphatic rings. The van der Waals surface area contributed by atoms with Crippen molar-refractivity contribution in [2.45, 2.75) is 44.8 Å². The zero-order valence-corrected chi connectivity index (χ0v) is 21.4. The van der Waals surface area contributed by atoms with E-state index in [1.165, 1.54) is 0 Å². The zero-order chi connectivity index (χ0) is 26.4. The second-order valence-corrected chi connectivity index (χ2v) is 9.97. The Balaban J connectivity index is 0.000000480. The molecular formula is C26H30N4O6S. The van der Waals surface area contributed by atoms with E-state index in [9.17, 15) is 4.79 Å². The number of amides is 1. The number of nitrogens with zero attached hydrogens (tertiary/aromatic N) is 4. The molecular weight excluding hydrogens is 496 g/mol. The van der Waals surface area contributed by atoms with Gasteiger partial charge in [0, 0.05) is 54.9 Å². The number of benzene rings is 1. The van der Waals surface area contributed by atoms with Gasteiger partial charge in [0.05, 0.1) is 11.1 Å². The monoisotopic (exact) mass is 526 g/mol. The third-order valence-corrected chi connectivity index (χ3v) is 7.36. The molecule has 2 saturated heterocycles. The summed E-state index contributed by atoms with van der Waals surface area (Å²) in [4.78, 5) is 44.9. The lowest BCUT2D eigenvalue weighted by Crippen LogP contribution is -2.50. The highest BCUT2D eigenvalue weighted by Crippen LogP contribution is 2.26. The van der Waals surface area contributed by atoms with Crippen molar-refractivity contribution in [2.24, 2.45) is 0 Å². The van der Waals surface area contributed by atoms with Crippen LogP contribution < -0.4 is 4.74 Å². The van der Waals surface area contributed by atoms with Crippen molar-refractivity contribution in [1.29, 1.82) is 0 Å². The van der Waals surface area contributed by atoms with Gasteiger partial charge < -0.3 is 19.8 Å². The first kappa shape index (κ1) is 26.5. The smallest absolute Gasteiger partial charge is 0.414 e. The Kier molecular flexibility index (Phi) is 8.67. The molecule has 1 amide bonds. The molecule has 11 heteroatoms. The summed E-state index contributed by atoms with van der Waals surface area (Å²) in [5.41, 5.74) is 2.48. The quantitative estimate of drug-likeness (QED) is 0.491. The first-order chi connectivity index (χ1) is 17.8. The van der Waals surface area contributed by atoms with Crippen LogP contribution in [0.25, 0.3) is 10.9 Å². The van der Waals surface area contributed by atoms with Crippen LogP contribution in [0.15, 0.2) is 41.9 Å². The largest absolute Gasteiger partial charge is 0.473 e. The molecule has 0 saturated carbocycles. The Labute approximate surface area is 218 Å². The molecule has 10 nitrogen and oxygen atoms in total. The summed E-state index contributed by atoms with van der Waals surface area (Å²) < 4.78 is 5.99. The van der Waals surface area contributed by atoms with Crippen molar-refractivity contribution >= 4 is 40.1 Å². The van der Waals surface area contributed by atoms with E-state index in [0.29, 0.717) is 6.04 Å². The molecule has 2 N–H and O–H groups in total. The van der Waals surface area contributed by atoms with Gasteiger partial charge in [0.25, 0.3) is 11.1 Å². The Morgan fingerprint density at radius 1 is 0.973 bits per heavy atom. The van der Waals surface area contributed by atoms with Crippen LogP contribution in [-0.4, -0.2) is 86.2 Å². The third-order valence-electron chi connectivity index (χ3n) is 6.69. The number of carboxylic acid groups (broad SMARTS) is 2. The van der Waals surface area contributed by atoms with Gasteiger partial charge in [-0.2, -0.15) is 0 Å². The number of thiazole rings is 1. The highest BCUT2D eigenvalue weighted by molar-refractivity contribution is 7.11. The predicted octanol–water partition coefficient (Wildman–Crippen LogP) is 3.30. The van der Waals surface area contributed by atoms with Gasteiger partial charge in [-0.25, -0.2) is 14.6 Å². The lowest BCUT2D eigenvalue weighted by molar-refractivity contribution is -0.159. The molecule has 0 atom stereocenters. The number of aliphatic carboxylic acids is 2. The molecule has 0 radical (unpaired) electrons. The van der Waals surface area contributed by atoms with Gasteiger partial charge in [0.15, 0.2) is 0 Å². The molecule has 0 bridgehead atoms. The van der Waals surface area contributed by atoms with Crippen LogP contribution in [0.1, 0.15) is 41.7 Å². The minimum absolute atomic E-state index is 0.109. The van der Waals surface area contributed by atoms with Crippen LogP contribution in [0.5, 0.6) is 5.19 Å². The van der Waals surface area contributed by atoms with Crippen molar-refractivity contribution in [3.63, 3.8) is 0 Å². The number of hydrogen-bond acceptors (Lipinski definition) is 8. The van der Waals surface area contributed by atoms with E-state index in [0.717, 1.165) is 79.2 Å². The average molecular weight is 527 g/mol. The summed E-state index contributed by atoms with van der Waals surface area (Å²) in [5, 5.41) is 18.5. The first-order valence-electron chi connectivity index (χ1n) is 12.2.